The Balaban J connectivity index is 0.000000460. The van der Waals surface area contributed by atoms with Crippen molar-refractivity contribution in [3.8, 4) is 0 Å². The van der Waals surface area contributed by atoms with Crippen molar-refractivity contribution in [2.75, 3.05) is 12.9 Å². The fourth-order valence-corrected chi connectivity index (χ4v) is 5.12. The first-order valence-electron chi connectivity index (χ1n) is 15.2. The summed E-state index contributed by atoms with van der Waals surface area (Å²) in [6, 6.07) is 4.90. The number of aryl methyl sites for hydroxylation is 2. The third kappa shape index (κ3) is 8.24. The Morgan fingerprint density at radius 1 is 0.857 bits per heavy atom. The minimum atomic E-state index is -2.08. The molecule has 2 aliphatic rings. The molecule has 49 heavy (non-hydrogen) atoms. The molecular weight excluding hydrogens is 746 g/mol. The minimum Gasteiger partial charge on any atom is -0.412 e. The molecule has 8 N–H and O–H groups in total. The molecule has 2 fully saturated rings. The van der Waals surface area contributed by atoms with Gasteiger partial charge in [-0.3, -0.25) is 63.0 Å². The summed E-state index contributed by atoms with van der Waals surface area (Å²) >= 11 is 0. The van der Waals surface area contributed by atoms with Crippen molar-refractivity contribution in [3.63, 3.8) is 0 Å². The zero-order valence-electron chi connectivity index (χ0n) is 28.8. The number of anilines is 1. The SMILES string of the molecule is O.O.[2H]C1(n2c(C)nc3cccc(N)c3c2=O)CCC(=O)NC1=O.[2H]C1(n2c(C)nc3cccc([N+](=O)[O-])c3c2=O)CCC(=O)NC1=O.[2H]CF.[Pd]. The topological polar surface area (TPSA) is 294 Å². The maximum atomic E-state index is 12.8. The van der Waals surface area contributed by atoms with E-state index in [2.05, 4.69) is 15.3 Å². The molecule has 2 saturated heterocycles. The molecule has 4 heterocycles. The van der Waals surface area contributed by atoms with Crippen LogP contribution in [0.5, 0.6) is 0 Å². The monoisotopic (exact) mass is 781 g/mol. The van der Waals surface area contributed by atoms with Crippen molar-refractivity contribution >= 4 is 56.8 Å². The number of amides is 4. The van der Waals surface area contributed by atoms with E-state index in [1.165, 1.54) is 19.1 Å². The third-order valence-electron chi connectivity index (χ3n) is 7.09. The zero-order chi connectivity index (χ0) is 36.4. The van der Waals surface area contributed by atoms with E-state index in [0.717, 1.165) is 15.2 Å². The van der Waals surface area contributed by atoms with Crippen LogP contribution in [0.4, 0.5) is 15.8 Å². The van der Waals surface area contributed by atoms with Crippen LogP contribution in [-0.2, 0) is 39.6 Å². The quantitative estimate of drug-likeness (QED) is 0.0803. The van der Waals surface area contributed by atoms with E-state index < -0.39 is 64.5 Å². The molecule has 0 spiro atoms. The summed E-state index contributed by atoms with van der Waals surface area (Å²) in [5, 5.41) is 15.2. The molecule has 18 nitrogen and oxygen atoms in total. The summed E-state index contributed by atoms with van der Waals surface area (Å²) < 4.78 is 34.1. The van der Waals surface area contributed by atoms with Gasteiger partial charge in [-0.15, -0.1) is 0 Å². The number of nitrogens with one attached hydrogen (secondary N) is 2. The number of carbonyl (C=O) groups is 4. The molecule has 0 saturated carbocycles. The van der Waals surface area contributed by atoms with Crippen LogP contribution in [-0.4, -0.2) is 65.8 Å². The van der Waals surface area contributed by atoms with E-state index >= 15 is 0 Å². The van der Waals surface area contributed by atoms with Crippen LogP contribution in [0, 0.1) is 24.0 Å². The number of aromatic nitrogens is 4. The van der Waals surface area contributed by atoms with Gasteiger partial charge in [-0.1, -0.05) is 12.1 Å². The van der Waals surface area contributed by atoms with Gasteiger partial charge in [0.1, 0.15) is 29.1 Å². The summed E-state index contributed by atoms with van der Waals surface area (Å²) in [6.45, 7) is 2.98. The van der Waals surface area contributed by atoms with E-state index in [1.807, 2.05) is 5.32 Å². The fourth-order valence-electron chi connectivity index (χ4n) is 5.12. The maximum Gasteiger partial charge on any atom is 0.284 e. The second-order valence-corrected chi connectivity index (χ2v) is 9.92. The Kier molecular flexibility index (Phi) is 12.8. The van der Waals surface area contributed by atoms with Gasteiger partial charge in [0.25, 0.3) is 16.8 Å². The molecule has 266 valence electrons. The standard InChI is InChI=1S/C14H12N4O5.C14H14N4O3.CH3F.2H2O.Pd/c1-7-15-8-3-2-4-9(18(22)23)12(8)14(21)17(7)10-5-6-11(19)16-13(10)20;1-7-16-9-4-2-3-8(15)12(9)14(21)18(7)10-5-6-11(19)17-13(10)20;1-2;;;/h2-4,10H,5-6H2,1H3,(H,16,19,20);2-4,10H,5-6,15H2,1H3,(H,17,19,20);1H3;2*1H2;/i2*10D;1D;;;. The molecule has 0 bridgehead atoms. The minimum absolute atomic E-state index is 0. The average molecular weight is 782 g/mol. The van der Waals surface area contributed by atoms with Gasteiger partial charge in [0.15, 0.2) is 0 Å². The number of hydrogen-bond donors (Lipinski definition) is 3. The van der Waals surface area contributed by atoms with Crippen LogP contribution in [0.1, 0.15) is 53.5 Å². The Bertz CT molecular complexity index is 2190. The maximum absolute atomic E-state index is 12.8. The number of nitro benzene ring substituents is 1. The molecule has 2 atom stereocenters. The van der Waals surface area contributed by atoms with E-state index in [0.29, 0.717) is 5.52 Å². The first-order valence-corrected chi connectivity index (χ1v) is 13.5. The van der Waals surface area contributed by atoms with Crippen molar-refractivity contribution in [3.05, 3.63) is 78.9 Å². The average Bonchev–Trinajstić information content (AvgIpc) is 3.01. The molecule has 0 aliphatic carbocycles. The van der Waals surface area contributed by atoms with Gasteiger partial charge in [0, 0.05) is 45.0 Å². The predicted molar refractivity (Wildman–Crippen MR) is 170 cm³/mol. The van der Waals surface area contributed by atoms with Crippen molar-refractivity contribution < 1.29 is 64.0 Å². The number of alkyl halides is 1. The summed E-state index contributed by atoms with van der Waals surface area (Å²) in [5.41, 5.74) is 4.73. The van der Waals surface area contributed by atoms with Gasteiger partial charge in [0.05, 0.1) is 32.6 Å². The number of hydrogen-bond acceptors (Lipinski definition) is 11. The summed E-state index contributed by atoms with van der Waals surface area (Å²) in [7, 11) is -1.00. The van der Waals surface area contributed by atoms with Crippen LogP contribution < -0.4 is 27.5 Å². The van der Waals surface area contributed by atoms with Gasteiger partial charge in [-0.05, 0) is 44.9 Å². The van der Waals surface area contributed by atoms with Crippen LogP contribution in [0.25, 0.3) is 21.8 Å². The molecule has 2 unspecified atom stereocenters. The largest absolute Gasteiger partial charge is 0.412 e. The van der Waals surface area contributed by atoms with Gasteiger partial charge < -0.3 is 16.7 Å². The number of carbonyl (C=O) groups excluding carboxylic acids is 4. The summed E-state index contributed by atoms with van der Waals surface area (Å²) in [5.74, 6) is -2.48. The molecular formula is C29H33FN8O10Pd. The number of benzene rings is 2. The number of fused-ring (bicyclic) bond motifs is 2. The number of halogens is 1. The number of non-ortho nitro benzene ring substituents is 1. The molecule has 2 aromatic carbocycles. The Morgan fingerprint density at radius 2 is 1.27 bits per heavy atom. The predicted octanol–water partition coefficient (Wildman–Crippen LogP) is -0.211. The zero-order valence-corrected chi connectivity index (χ0v) is 27.3. The molecule has 4 amide bonds. The number of nitrogens with zero attached hydrogens (tertiary/aromatic N) is 5. The van der Waals surface area contributed by atoms with E-state index in [-0.39, 0.29) is 90.7 Å². The van der Waals surface area contributed by atoms with E-state index in [4.69, 9.17) is 9.85 Å². The van der Waals surface area contributed by atoms with Crippen molar-refractivity contribution in [2.45, 2.75) is 51.6 Å². The van der Waals surface area contributed by atoms with Crippen LogP contribution >= 0.6 is 0 Å². The second-order valence-electron chi connectivity index (χ2n) is 9.92. The molecule has 20 heteroatoms. The Hall–Kier alpha value is -5.29. The number of nitrogens with two attached hydrogens (primary N) is 1. The van der Waals surface area contributed by atoms with Crippen molar-refractivity contribution in [2.24, 2.45) is 0 Å². The Labute approximate surface area is 293 Å². The molecule has 2 aromatic heterocycles. The molecule has 2 aliphatic heterocycles. The van der Waals surface area contributed by atoms with E-state index in [9.17, 15) is 43.3 Å². The molecule has 6 rings (SSSR count). The smallest absolute Gasteiger partial charge is 0.284 e. The van der Waals surface area contributed by atoms with Gasteiger partial charge in [0.2, 0.25) is 23.6 Å². The van der Waals surface area contributed by atoms with Gasteiger partial charge >= 0.3 is 0 Å². The van der Waals surface area contributed by atoms with Gasteiger partial charge in [-0.2, -0.15) is 0 Å². The number of nitro groups is 1. The van der Waals surface area contributed by atoms with Crippen LogP contribution in [0.15, 0.2) is 46.0 Å². The molecule has 0 radical (unpaired) electrons. The third-order valence-corrected chi connectivity index (χ3v) is 7.09. The summed E-state index contributed by atoms with van der Waals surface area (Å²) in [6.07, 6.45) is -0.427. The number of imide groups is 2. The summed E-state index contributed by atoms with van der Waals surface area (Å²) in [4.78, 5) is 91.3. The van der Waals surface area contributed by atoms with Crippen LogP contribution in [0.2, 0.25) is 0 Å². The normalized spacial score (nSPS) is 20.5. The van der Waals surface area contributed by atoms with Crippen LogP contribution in [0.3, 0.4) is 0 Å². The number of nitrogen functional groups attached to an aromatic ring is 1. The first kappa shape index (κ1) is 36.5. The second kappa shape index (κ2) is 17.2. The van der Waals surface area contributed by atoms with Crippen molar-refractivity contribution in [1.82, 2.24) is 29.7 Å². The van der Waals surface area contributed by atoms with Gasteiger partial charge in [-0.25, -0.2) is 9.97 Å². The number of piperidine rings is 2. The molecule has 4 aromatic rings. The van der Waals surface area contributed by atoms with Crippen molar-refractivity contribution in [1.29, 1.82) is 0 Å². The Morgan fingerprint density at radius 3 is 1.69 bits per heavy atom. The van der Waals surface area contributed by atoms with E-state index in [1.54, 1.807) is 25.1 Å². The fraction of sp³-hybridized carbons (Fsp3) is 0.310. The number of rotatable bonds is 3. The first-order chi connectivity index (χ1) is 23.0.